The minimum Gasteiger partial charge on any atom is -0.327 e. The molecule has 0 aliphatic rings. The van der Waals surface area contributed by atoms with Gasteiger partial charge in [-0.3, -0.25) is 9.59 Å². The Morgan fingerprint density at radius 3 is 2.47 bits per heavy atom. The highest BCUT2D eigenvalue weighted by Gasteiger charge is 2.05. The van der Waals surface area contributed by atoms with Crippen LogP contribution in [-0.2, 0) is 4.79 Å². The van der Waals surface area contributed by atoms with Crippen molar-refractivity contribution in [3.63, 3.8) is 0 Å². The minimum atomic E-state index is -0.0520. The van der Waals surface area contributed by atoms with E-state index in [-0.39, 0.29) is 17.7 Å². The number of hydrogen-bond donors (Lipinski definition) is 2. The number of anilines is 1. The third-order valence-electron chi connectivity index (χ3n) is 2.66. The van der Waals surface area contributed by atoms with Crippen LogP contribution in [0.1, 0.15) is 30.6 Å². The summed E-state index contributed by atoms with van der Waals surface area (Å²) in [4.78, 5) is 22.8. The summed E-state index contributed by atoms with van der Waals surface area (Å²) in [6.07, 6.45) is 0.918. The third-order valence-corrected chi connectivity index (χ3v) is 3.79. The van der Waals surface area contributed by atoms with Crippen molar-refractivity contribution in [2.75, 3.05) is 16.8 Å². The quantitative estimate of drug-likeness (QED) is 0.752. The van der Waals surface area contributed by atoms with Crippen molar-refractivity contribution in [1.29, 1.82) is 0 Å². The van der Waals surface area contributed by atoms with Gasteiger partial charge in [0.25, 0.3) is 0 Å². The molecule has 1 amide bonds. The first-order valence-electron chi connectivity index (χ1n) is 6.27. The van der Waals surface area contributed by atoms with Crippen LogP contribution in [0.4, 0.5) is 5.69 Å². The molecule has 19 heavy (non-hydrogen) atoms. The Bertz CT molecular complexity index is 432. The van der Waals surface area contributed by atoms with Crippen LogP contribution in [0.5, 0.6) is 0 Å². The lowest BCUT2D eigenvalue weighted by Gasteiger charge is -2.08. The maximum atomic E-state index is 11.7. The van der Waals surface area contributed by atoms with Gasteiger partial charge in [0.1, 0.15) is 0 Å². The van der Waals surface area contributed by atoms with Gasteiger partial charge in [-0.05, 0) is 37.6 Å². The smallest absolute Gasteiger partial charge is 0.234 e. The highest BCUT2D eigenvalue weighted by atomic mass is 32.2. The zero-order valence-corrected chi connectivity index (χ0v) is 12.1. The molecule has 0 bridgehead atoms. The Morgan fingerprint density at radius 2 is 1.95 bits per heavy atom. The first-order valence-corrected chi connectivity index (χ1v) is 7.42. The molecular weight excluding hydrogens is 260 g/mol. The molecule has 0 aromatic heterocycles. The van der Waals surface area contributed by atoms with Crippen LogP contribution in [0.25, 0.3) is 0 Å². The molecule has 0 saturated carbocycles. The van der Waals surface area contributed by atoms with Crippen molar-refractivity contribution in [2.24, 2.45) is 5.73 Å². The lowest BCUT2D eigenvalue weighted by Crippen LogP contribution is -2.23. The van der Waals surface area contributed by atoms with E-state index in [9.17, 15) is 9.59 Å². The topological polar surface area (TPSA) is 72.2 Å². The number of hydrogen-bond acceptors (Lipinski definition) is 4. The van der Waals surface area contributed by atoms with Crippen molar-refractivity contribution < 1.29 is 9.59 Å². The number of nitrogens with two attached hydrogens (primary N) is 1. The molecule has 1 atom stereocenters. The summed E-state index contributed by atoms with van der Waals surface area (Å²) in [6.45, 7) is 3.54. The van der Waals surface area contributed by atoms with Gasteiger partial charge in [-0.15, -0.1) is 0 Å². The molecule has 1 aromatic carbocycles. The monoisotopic (exact) mass is 280 g/mol. The van der Waals surface area contributed by atoms with E-state index < -0.39 is 0 Å². The van der Waals surface area contributed by atoms with Gasteiger partial charge >= 0.3 is 0 Å². The molecule has 0 fully saturated rings. The zero-order chi connectivity index (χ0) is 14.3. The molecule has 0 saturated heterocycles. The van der Waals surface area contributed by atoms with Crippen molar-refractivity contribution in [3.05, 3.63) is 29.8 Å². The summed E-state index contributed by atoms with van der Waals surface area (Å²) < 4.78 is 0. The van der Waals surface area contributed by atoms with Crippen LogP contribution < -0.4 is 11.1 Å². The van der Waals surface area contributed by atoms with Crippen LogP contribution in [0, 0.1) is 0 Å². The number of carbonyl (C=O) groups excluding carboxylic acids is 2. The molecule has 0 spiro atoms. The van der Waals surface area contributed by atoms with Gasteiger partial charge in [0.15, 0.2) is 5.78 Å². The van der Waals surface area contributed by atoms with Crippen LogP contribution in [0.15, 0.2) is 24.3 Å². The van der Waals surface area contributed by atoms with E-state index in [1.807, 2.05) is 6.92 Å². The van der Waals surface area contributed by atoms with Gasteiger partial charge < -0.3 is 11.1 Å². The van der Waals surface area contributed by atoms with E-state index in [1.54, 1.807) is 24.3 Å². The fraction of sp³-hybridized carbons (Fsp3) is 0.429. The summed E-state index contributed by atoms with van der Waals surface area (Å²) in [6, 6.07) is 7.03. The molecule has 3 N–H and O–H groups in total. The van der Waals surface area contributed by atoms with E-state index >= 15 is 0 Å². The largest absolute Gasteiger partial charge is 0.327 e. The van der Waals surface area contributed by atoms with Gasteiger partial charge in [0.05, 0.1) is 5.75 Å². The summed E-state index contributed by atoms with van der Waals surface area (Å²) in [7, 11) is 0. The second kappa shape index (κ2) is 7.96. The molecule has 1 aromatic rings. The Morgan fingerprint density at radius 1 is 1.32 bits per heavy atom. The SMILES string of the molecule is CCC(N)CSCC(=O)Nc1ccc(C(C)=O)cc1. The van der Waals surface area contributed by atoms with Crippen molar-refractivity contribution in [2.45, 2.75) is 26.3 Å². The summed E-state index contributed by atoms with van der Waals surface area (Å²) in [5, 5.41) is 2.79. The first kappa shape index (κ1) is 15.7. The van der Waals surface area contributed by atoms with Crippen LogP contribution in [-0.4, -0.2) is 29.2 Å². The Labute approximate surface area is 118 Å². The normalized spacial score (nSPS) is 11.9. The predicted octanol–water partition coefficient (Wildman–Crippen LogP) is 2.30. The average molecular weight is 280 g/mol. The zero-order valence-electron chi connectivity index (χ0n) is 11.3. The molecule has 0 aliphatic carbocycles. The Hall–Kier alpha value is -1.33. The maximum absolute atomic E-state index is 11.7. The van der Waals surface area contributed by atoms with Gasteiger partial charge in [-0.1, -0.05) is 6.92 Å². The van der Waals surface area contributed by atoms with E-state index in [0.29, 0.717) is 17.0 Å². The number of benzene rings is 1. The van der Waals surface area contributed by atoms with Crippen LogP contribution >= 0.6 is 11.8 Å². The van der Waals surface area contributed by atoms with E-state index in [1.165, 1.54) is 18.7 Å². The van der Waals surface area contributed by atoms with E-state index in [2.05, 4.69) is 5.32 Å². The van der Waals surface area contributed by atoms with E-state index in [4.69, 9.17) is 5.73 Å². The van der Waals surface area contributed by atoms with E-state index in [0.717, 1.165) is 12.2 Å². The van der Waals surface area contributed by atoms with Crippen molar-refractivity contribution in [1.82, 2.24) is 0 Å². The summed E-state index contributed by atoms with van der Waals surface area (Å²) >= 11 is 1.53. The molecule has 0 aliphatic heterocycles. The number of rotatable bonds is 7. The number of nitrogens with one attached hydrogen (secondary N) is 1. The van der Waals surface area contributed by atoms with Gasteiger partial charge in [-0.25, -0.2) is 0 Å². The average Bonchev–Trinajstić information content (AvgIpc) is 2.39. The van der Waals surface area contributed by atoms with Gasteiger partial charge in [0.2, 0.25) is 5.91 Å². The van der Waals surface area contributed by atoms with Crippen LogP contribution in [0.2, 0.25) is 0 Å². The molecule has 4 nitrogen and oxygen atoms in total. The fourth-order valence-electron chi connectivity index (χ4n) is 1.41. The minimum absolute atomic E-state index is 0.0157. The lowest BCUT2D eigenvalue weighted by molar-refractivity contribution is -0.113. The molecule has 104 valence electrons. The molecule has 1 rings (SSSR count). The molecule has 1 unspecified atom stereocenters. The molecular formula is C14H20N2O2S. The number of Topliss-reactive ketones (excluding diaryl/α,β-unsaturated/α-hetero) is 1. The fourth-order valence-corrected chi connectivity index (χ4v) is 2.32. The Kier molecular flexibility index (Phi) is 6.59. The lowest BCUT2D eigenvalue weighted by atomic mass is 10.1. The predicted molar refractivity (Wildman–Crippen MR) is 80.7 cm³/mol. The molecule has 5 heteroatoms. The van der Waals surface area contributed by atoms with Gasteiger partial charge in [-0.2, -0.15) is 11.8 Å². The standard InChI is InChI=1S/C14H20N2O2S/c1-3-12(15)8-19-9-14(18)16-13-6-4-11(5-7-13)10(2)17/h4-7,12H,3,8-9,15H2,1-2H3,(H,16,18). The number of carbonyl (C=O) groups is 2. The maximum Gasteiger partial charge on any atom is 0.234 e. The summed E-state index contributed by atoms with van der Waals surface area (Å²) in [5.41, 5.74) is 7.12. The first-order chi connectivity index (χ1) is 9.02. The number of thioether (sulfide) groups is 1. The van der Waals surface area contributed by atoms with Crippen molar-refractivity contribution in [3.8, 4) is 0 Å². The molecule has 0 radical (unpaired) electrons. The molecule has 0 heterocycles. The highest BCUT2D eigenvalue weighted by Crippen LogP contribution is 2.11. The third kappa shape index (κ3) is 5.89. The Balaban J connectivity index is 2.38. The second-order valence-electron chi connectivity index (χ2n) is 4.37. The van der Waals surface area contributed by atoms with Crippen LogP contribution in [0.3, 0.4) is 0 Å². The van der Waals surface area contributed by atoms with Crippen molar-refractivity contribution >= 4 is 29.1 Å². The number of ketones is 1. The summed E-state index contributed by atoms with van der Waals surface area (Å²) in [5.74, 6) is 1.14. The number of amides is 1. The second-order valence-corrected chi connectivity index (χ2v) is 5.40. The highest BCUT2D eigenvalue weighted by molar-refractivity contribution is 8.00. The van der Waals surface area contributed by atoms with Gasteiger partial charge in [0, 0.05) is 23.0 Å².